The molecule has 0 spiro atoms. The van der Waals surface area contributed by atoms with Gasteiger partial charge in [0, 0.05) is 19.0 Å². The highest BCUT2D eigenvalue weighted by molar-refractivity contribution is 5.88. The van der Waals surface area contributed by atoms with Gasteiger partial charge in [0.1, 0.15) is 12.1 Å². The van der Waals surface area contributed by atoms with Crippen LogP contribution >= 0.6 is 0 Å². The van der Waals surface area contributed by atoms with Crippen molar-refractivity contribution in [2.75, 3.05) is 25.0 Å². The first-order valence-electron chi connectivity index (χ1n) is 5.44. The Morgan fingerprint density at radius 1 is 1.25 bits per heavy atom. The molecule has 0 radical (unpaired) electrons. The van der Waals surface area contributed by atoms with Gasteiger partial charge in [0.15, 0.2) is 0 Å². The summed E-state index contributed by atoms with van der Waals surface area (Å²) < 4.78 is 0. The summed E-state index contributed by atoms with van der Waals surface area (Å²) in [5.74, 6) is 0.971. The Morgan fingerprint density at radius 3 is 2.88 bits per heavy atom. The molecule has 2 aromatic rings. The van der Waals surface area contributed by atoms with E-state index in [1.54, 1.807) is 6.33 Å². The maximum atomic E-state index is 5.51. The largest absolute Gasteiger partial charge is 0.359 e. The minimum Gasteiger partial charge on any atom is -0.359 e. The van der Waals surface area contributed by atoms with Crippen molar-refractivity contribution in [3.8, 4) is 0 Å². The molecular formula is C12H16N4. The molecule has 4 nitrogen and oxygen atoms in total. The van der Waals surface area contributed by atoms with Crippen LogP contribution in [0.2, 0.25) is 0 Å². The maximum absolute atomic E-state index is 5.51. The third-order valence-corrected chi connectivity index (χ3v) is 2.58. The van der Waals surface area contributed by atoms with Gasteiger partial charge in [0.25, 0.3) is 0 Å². The minimum atomic E-state index is 0.702. The van der Waals surface area contributed by atoms with Gasteiger partial charge in [0.05, 0.1) is 5.52 Å². The lowest BCUT2D eigenvalue weighted by Crippen LogP contribution is -2.22. The van der Waals surface area contributed by atoms with Crippen LogP contribution < -0.4 is 10.6 Å². The summed E-state index contributed by atoms with van der Waals surface area (Å²) >= 11 is 0. The number of nitrogens with zero attached hydrogens (tertiary/aromatic N) is 3. The summed E-state index contributed by atoms with van der Waals surface area (Å²) in [6, 6.07) is 8.03. The van der Waals surface area contributed by atoms with Gasteiger partial charge in [-0.1, -0.05) is 12.1 Å². The van der Waals surface area contributed by atoms with E-state index >= 15 is 0 Å². The predicted octanol–water partition coefficient (Wildman–Crippen LogP) is 1.41. The van der Waals surface area contributed by atoms with Gasteiger partial charge >= 0.3 is 0 Å². The number of hydrogen-bond acceptors (Lipinski definition) is 4. The number of nitrogens with two attached hydrogens (primary N) is 1. The molecule has 16 heavy (non-hydrogen) atoms. The van der Waals surface area contributed by atoms with Crippen molar-refractivity contribution in [1.82, 2.24) is 9.97 Å². The Hall–Kier alpha value is -1.68. The van der Waals surface area contributed by atoms with Crippen molar-refractivity contribution in [3.05, 3.63) is 30.6 Å². The molecule has 0 saturated carbocycles. The van der Waals surface area contributed by atoms with Crippen molar-refractivity contribution in [3.63, 3.8) is 0 Å². The van der Waals surface area contributed by atoms with Crippen LogP contribution in [-0.2, 0) is 0 Å². The van der Waals surface area contributed by atoms with Crippen molar-refractivity contribution in [2.24, 2.45) is 5.73 Å². The Bertz CT molecular complexity index is 464. The fourth-order valence-electron chi connectivity index (χ4n) is 1.73. The van der Waals surface area contributed by atoms with Gasteiger partial charge < -0.3 is 10.6 Å². The van der Waals surface area contributed by atoms with E-state index in [9.17, 15) is 0 Å². The Morgan fingerprint density at radius 2 is 2.06 bits per heavy atom. The summed E-state index contributed by atoms with van der Waals surface area (Å²) in [7, 11) is 2.03. The minimum absolute atomic E-state index is 0.702. The van der Waals surface area contributed by atoms with Gasteiger partial charge in [-0.05, 0) is 25.1 Å². The predicted molar refractivity (Wildman–Crippen MR) is 66.5 cm³/mol. The second-order valence-electron chi connectivity index (χ2n) is 3.78. The Balaban J connectivity index is 2.36. The number of hydrogen-bond donors (Lipinski definition) is 1. The highest BCUT2D eigenvalue weighted by Crippen LogP contribution is 2.21. The van der Waals surface area contributed by atoms with Crippen LogP contribution in [0.4, 0.5) is 5.82 Å². The van der Waals surface area contributed by atoms with E-state index in [1.165, 1.54) is 0 Å². The van der Waals surface area contributed by atoms with E-state index in [1.807, 2.05) is 31.3 Å². The summed E-state index contributed by atoms with van der Waals surface area (Å²) in [5.41, 5.74) is 6.49. The molecule has 0 atom stereocenters. The molecular weight excluding hydrogens is 200 g/mol. The van der Waals surface area contributed by atoms with Crippen LogP contribution in [0, 0.1) is 0 Å². The molecule has 0 aliphatic rings. The molecule has 2 rings (SSSR count). The van der Waals surface area contributed by atoms with Gasteiger partial charge in [0.2, 0.25) is 0 Å². The SMILES string of the molecule is CN(CCCN)c1ncnc2ccccc12. The molecule has 1 aromatic carbocycles. The Kier molecular flexibility index (Phi) is 3.31. The van der Waals surface area contributed by atoms with Crippen LogP contribution in [0.5, 0.6) is 0 Å². The standard InChI is InChI=1S/C12H16N4/c1-16(8-4-7-13)12-10-5-2-3-6-11(10)14-9-15-12/h2-3,5-6,9H,4,7-8,13H2,1H3. The molecule has 1 heterocycles. The lowest BCUT2D eigenvalue weighted by atomic mass is 10.2. The third-order valence-electron chi connectivity index (χ3n) is 2.58. The zero-order valence-electron chi connectivity index (χ0n) is 9.43. The molecule has 1 aromatic heterocycles. The first-order valence-corrected chi connectivity index (χ1v) is 5.44. The number of rotatable bonds is 4. The maximum Gasteiger partial charge on any atom is 0.139 e. The molecule has 2 N–H and O–H groups in total. The van der Waals surface area contributed by atoms with Crippen molar-refractivity contribution in [2.45, 2.75) is 6.42 Å². The highest BCUT2D eigenvalue weighted by atomic mass is 15.2. The zero-order chi connectivity index (χ0) is 11.4. The molecule has 0 unspecified atom stereocenters. The van der Waals surface area contributed by atoms with Crippen LogP contribution in [0.1, 0.15) is 6.42 Å². The number of benzene rings is 1. The Labute approximate surface area is 95.1 Å². The van der Waals surface area contributed by atoms with E-state index in [4.69, 9.17) is 5.73 Å². The molecule has 0 amide bonds. The summed E-state index contributed by atoms with van der Waals surface area (Å²) in [5, 5.41) is 1.09. The number of fused-ring (bicyclic) bond motifs is 1. The lowest BCUT2D eigenvalue weighted by molar-refractivity contribution is 0.788. The van der Waals surface area contributed by atoms with Gasteiger partial charge in [-0.3, -0.25) is 0 Å². The van der Waals surface area contributed by atoms with E-state index in [-0.39, 0.29) is 0 Å². The van der Waals surface area contributed by atoms with Crippen LogP contribution in [0.15, 0.2) is 30.6 Å². The number of aromatic nitrogens is 2. The average molecular weight is 216 g/mol. The lowest BCUT2D eigenvalue weighted by Gasteiger charge is -2.18. The van der Waals surface area contributed by atoms with Gasteiger partial charge in [-0.25, -0.2) is 9.97 Å². The molecule has 84 valence electrons. The quantitative estimate of drug-likeness (QED) is 0.839. The molecule has 4 heteroatoms. The van der Waals surface area contributed by atoms with E-state index in [2.05, 4.69) is 14.9 Å². The van der Waals surface area contributed by atoms with E-state index in [0.717, 1.165) is 29.7 Å². The van der Waals surface area contributed by atoms with E-state index < -0.39 is 0 Å². The van der Waals surface area contributed by atoms with Crippen LogP contribution in [0.25, 0.3) is 10.9 Å². The monoisotopic (exact) mass is 216 g/mol. The highest BCUT2D eigenvalue weighted by Gasteiger charge is 2.06. The zero-order valence-corrected chi connectivity index (χ0v) is 9.43. The second-order valence-corrected chi connectivity index (χ2v) is 3.78. The first kappa shape index (κ1) is 10.8. The average Bonchev–Trinajstić information content (AvgIpc) is 2.35. The smallest absolute Gasteiger partial charge is 0.139 e. The number of anilines is 1. The van der Waals surface area contributed by atoms with Crippen molar-refractivity contribution in [1.29, 1.82) is 0 Å². The topological polar surface area (TPSA) is 55.0 Å². The molecule has 0 fully saturated rings. The summed E-state index contributed by atoms with van der Waals surface area (Å²) in [6.07, 6.45) is 2.57. The van der Waals surface area contributed by atoms with Crippen molar-refractivity contribution >= 4 is 16.7 Å². The normalized spacial score (nSPS) is 10.6. The fraction of sp³-hybridized carbons (Fsp3) is 0.333. The van der Waals surface area contributed by atoms with Crippen LogP contribution in [-0.4, -0.2) is 30.1 Å². The summed E-state index contributed by atoms with van der Waals surface area (Å²) in [4.78, 5) is 10.7. The second kappa shape index (κ2) is 4.90. The van der Waals surface area contributed by atoms with Gasteiger partial charge in [-0.2, -0.15) is 0 Å². The molecule has 0 aliphatic carbocycles. The molecule has 0 saturated heterocycles. The van der Waals surface area contributed by atoms with Gasteiger partial charge in [-0.15, -0.1) is 0 Å². The fourth-order valence-corrected chi connectivity index (χ4v) is 1.73. The molecule has 0 bridgehead atoms. The first-order chi connectivity index (χ1) is 7.83. The van der Waals surface area contributed by atoms with Crippen molar-refractivity contribution < 1.29 is 0 Å². The summed E-state index contributed by atoms with van der Waals surface area (Å²) in [6.45, 7) is 1.62. The van der Waals surface area contributed by atoms with Crippen LogP contribution in [0.3, 0.4) is 0 Å². The number of para-hydroxylation sites is 1. The van der Waals surface area contributed by atoms with E-state index in [0.29, 0.717) is 6.54 Å². The third kappa shape index (κ3) is 2.12. The molecule has 0 aliphatic heterocycles.